The molecule has 0 saturated heterocycles. The van der Waals surface area contributed by atoms with E-state index in [1.54, 1.807) is 13.2 Å². The molecule has 0 fully saturated rings. The Morgan fingerprint density at radius 2 is 1.81 bits per heavy atom. The van der Waals surface area contributed by atoms with Gasteiger partial charge in [-0.1, -0.05) is 45.7 Å². The smallest absolute Gasteiger partial charge is 0.507 e. The van der Waals surface area contributed by atoms with Crippen LogP contribution in [0, 0.1) is 0 Å². The minimum absolute atomic E-state index is 0. The van der Waals surface area contributed by atoms with E-state index in [-0.39, 0.29) is 40.7 Å². The molecule has 0 aliphatic heterocycles. The number of hydrogen-bond donors (Lipinski definition) is 1. The summed E-state index contributed by atoms with van der Waals surface area (Å²) < 4.78 is 11.2. The quantitative estimate of drug-likeness (QED) is 0.354. The summed E-state index contributed by atoms with van der Waals surface area (Å²) in [5.41, 5.74) is 2.70. The molecule has 0 bridgehead atoms. The fourth-order valence-corrected chi connectivity index (χ4v) is 3.58. The van der Waals surface area contributed by atoms with Gasteiger partial charge in [-0.15, -0.1) is 0 Å². The third-order valence-electron chi connectivity index (χ3n) is 5.59. The van der Waals surface area contributed by atoms with E-state index in [9.17, 15) is 5.11 Å². The van der Waals surface area contributed by atoms with E-state index in [0.717, 1.165) is 60.3 Å². The van der Waals surface area contributed by atoms with Crippen molar-refractivity contribution in [3.05, 3.63) is 47.8 Å². The molecule has 1 aromatic heterocycles. The van der Waals surface area contributed by atoms with E-state index in [1.807, 2.05) is 30.3 Å². The maximum absolute atomic E-state index is 10.6. The molecule has 0 radical (unpaired) electrons. The van der Waals surface area contributed by atoms with Crippen LogP contribution in [-0.4, -0.2) is 34.2 Å². The third-order valence-corrected chi connectivity index (χ3v) is 5.59. The molecular weight excluding hydrogens is 415 g/mol. The number of benzene rings is 2. The Labute approximate surface area is 212 Å². The van der Waals surface area contributed by atoms with Crippen molar-refractivity contribution in [1.29, 1.82) is 0 Å². The second-order valence-electron chi connectivity index (χ2n) is 8.30. The van der Waals surface area contributed by atoms with Crippen LogP contribution in [0.3, 0.4) is 0 Å². The van der Waals surface area contributed by atoms with E-state index in [4.69, 9.17) is 9.47 Å². The van der Waals surface area contributed by atoms with Crippen LogP contribution in [0.15, 0.2) is 36.4 Å². The van der Waals surface area contributed by atoms with Crippen molar-refractivity contribution in [3.63, 3.8) is 0 Å². The summed E-state index contributed by atoms with van der Waals surface area (Å²) in [7, 11) is 1.64. The average molecular weight is 447 g/mol. The van der Waals surface area contributed by atoms with E-state index < -0.39 is 0 Å². The first-order valence-corrected chi connectivity index (χ1v) is 10.8. The summed E-state index contributed by atoms with van der Waals surface area (Å²) in [6, 6.07) is 11.4. The van der Waals surface area contributed by atoms with E-state index in [2.05, 4.69) is 41.4 Å². The number of ether oxygens (including phenoxy) is 2. The van der Waals surface area contributed by atoms with Crippen LogP contribution in [0.5, 0.6) is 17.2 Å². The summed E-state index contributed by atoms with van der Waals surface area (Å²) in [5, 5.41) is 25.7. The van der Waals surface area contributed by atoms with Crippen molar-refractivity contribution in [2.24, 2.45) is 0 Å². The van der Waals surface area contributed by atoms with Gasteiger partial charge in [0.1, 0.15) is 17.2 Å². The zero-order valence-electron chi connectivity index (χ0n) is 19.8. The Hall–Kier alpha value is -2.09. The first-order chi connectivity index (χ1) is 14.9. The van der Waals surface area contributed by atoms with Gasteiger partial charge in [0, 0.05) is 22.9 Å². The van der Waals surface area contributed by atoms with Crippen LogP contribution in [0.2, 0.25) is 0 Å². The van der Waals surface area contributed by atoms with Crippen molar-refractivity contribution in [2.45, 2.75) is 58.3 Å². The maximum Gasteiger partial charge on any atom is 1.00 e. The monoisotopic (exact) mass is 446 g/mol. The first kappa shape index (κ1) is 26.2. The van der Waals surface area contributed by atoms with E-state index in [0.29, 0.717) is 12.4 Å². The SMILES string of the molecule is CCc1cc(-c2ccc(OC)cc2)c(O)cc1OCCCCCC(C)(C)c1nn[n-]n1.[Na+]. The number of methoxy groups -OCH3 is 1. The molecule has 166 valence electrons. The van der Waals surface area contributed by atoms with Crippen LogP contribution >= 0.6 is 0 Å². The first-order valence-electron chi connectivity index (χ1n) is 10.8. The standard InChI is InChI=1S/C24H31N4O3.Na/c1-5-17-15-20(18-9-11-19(30-4)12-10-18)21(29)16-22(17)31-14-8-6-7-13-24(2,3)23-25-27-28-26-23;/h9-12,15-16H,5-8,13-14H2,1-4H3,(H-,25,26,27,28,29);/q-1;+1. The maximum atomic E-state index is 10.6. The molecule has 7 nitrogen and oxygen atoms in total. The molecule has 2 aromatic carbocycles. The second-order valence-corrected chi connectivity index (χ2v) is 8.30. The number of nitrogens with zero attached hydrogens (tertiary/aromatic N) is 4. The Morgan fingerprint density at radius 1 is 1.06 bits per heavy atom. The van der Waals surface area contributed by atoms with Crippen LogP contribution in [0.1, 0.15) is 57.8 Å². The number of phenols is 1. The van der Waals surface area contributed by atoms with Gasteiger partial charge in [-0.3, -0.25) is 15.5 Å². The predicted octanol–water partition coefficient (Wildman–Crippen LogP) is 1.69. The summed E-state index contributed by atoms with van der Waals surface area (Å²) in [4.78, 5) is 0. The molecule has 0 amide bonds. The van der Waals surface area contributed by atoms with E-state index >= 15 is 0 Å². The summed E-state index contributed by atoms with van der Waals surface area (Å²) in [6.45, 7) is 6.94. The van der Waals surface area contributed by atoms with Gasteiger partial charge >= 0.3 is 29.6 Å². The molecular formula is C24H31N4NaO3. The van der Waals surface area contributed by atoms with Crippen LogP contribution in [0.25, 0.3) is 11.1 Å². The molecule has 0 atom stereocenters. The van der Waals surface area contributed by atoms with Gasteiger partial charge in [-0.25, -0.2) is 0 Å². The molecule has 0 unspecified atom stereocenters. The zero-order valence-corrected chi connectivity index (χ0v) is 21.8. The predicted molar refractivity (Wildman–Crippen MR) is 120 cm³/mol. The van der Waals surface area contributed by atoms with Crippen molar-refractivity contribution < 1.29 is 44.1 Å². The molecule has 3 aromatic rings. The van der Waals surface area contributed by atoms with Crippen LogP contribution < -0.4 is 44.2 Å². The normalized spacial score (nSPS) is 11.1. The summed E-state index contributed by atoms with van der Waals surface area (Å²) in [5.74, 6) is 2.46. The van der Waals surface area contributed by atoms with Gasteiger partial charge in [-0.05, 0) is 48.6 Å². The van der Waals surface area contributed by atoms with Crippen molar-refractivity contribution in [1.82, 2.24) is 20.6 Å². The molecule has 0 spiro atoms. The topological polar surface area (TPSA) is 91.5 Å². The van der Waals surface area contributed by atoms with Crippen LogP contribution in [0.4, 0.5) is 0 Å². The Balaban J connectivity index is 0.00000363. The van der Waals surface area contributed by atoms with Crippen molar-refractivity contribution in [2.75, 3.05) is 13.7 Å². The van der Waals surface area contributed by atoms with Gasteiger partial charge in [0.2, 0.25) is 0 Å². The second kappa shape index (κ2) is 12.2. The zero-order chi connectivity index (χ0) is 22.3. The molecule has 32 heavy (non-hydrogen) atoms. The van der Waals surface area contributed by atoms with Crippen LogP contribution in [-0.2, 0) is 11.8 Å². The van der Waals surface area contributed by atoms with Crippen molar-refractivity contribution in [3.8, 4) is 28.4 Å². The number of aromatic nitrogens is 4. The third kappa shape index (κ3) is 6.70. The Morgan fingerprint density at radius 3 is 2.44 bits per heavy atom. The molecule has 3 rings (SSSR count). The largest absolute Gasteiger partial charge is 1.00 e. The number of aryl methyl sites for hydroxylation is 1. The average Bonchev–Trinajstić information content (AvgIpc) is 3.32. The van der Waals surface area contributed by atoms with Gasteiger partial charge in [0.05, 0.1) is 13.7 Å². The van der Waals surface area contributed by atoms with Crippen molar-refractivity contribution >= 4 is 0 Å². The number of rotatable bonds is 11. The summed E-state index contributed by atoms with van der Waals surface area (Å²) in [6.07, 6.45) is 4.83. The molecule has 0 aliphatic carbocycles. The molecule has 0 aliphatic rings. The fourth-order valence-electron chi connectivity index (χ4n) is 3.58. The molecule has 0 saturated carbocycles. The fraction of sp³-hybridized carbons (Fsp3) is 0.458. The molecule has 1 heterocycles. The van der Waals surface area contributed by atoms with Gasteiger partial charge in [-0.2, -0.15) is 0 Å². The minimum Gasteiger partial charge on any atom is -0.507 e. The molecule has 8 heteroatoms. The minimum atomic E-state index is -0.122. The number of hydrogen-bond acceptors (Lipinski definition) is 6. The Kier molecular flexibility index (Phi) is 10.0. The summed E-state index contributed by atoms with van der Waals surface area (Å²) >= 11 is 0. The number of tetrazole rings is 1. The van der Waals surface area contributed by atoms with E-state index in [1.165, 1.54) is 0 Å². The molecule has 1 N–H and O–H groups in total. The number of unbranched alkanes of at least 4 members (excludes halogenated alkanes) is 2. The van der Waals surface area contributed by atoms with Gasteiger partial charge in [0.15, 0.2) is 0 Å². The number of phenolic OH excluding ortho intramolecular Hbond substituents is 1. The van der Waals surface area contributed by atoms with Gasteiger partial charge in [0.25, 0.3) is 0 Å². The van der Waals surface area contributed by atoms with Gasteiger partial charge < -0.3 is 19.7 Å². The Bertz CT molecular complexity index is 960. The number of aromatic hydroxyl groups is 1.